The van der Waals surface area contributed by atoms with Crippen molar-refractivity contribution in [2.24, 2.45) is 5.73 Å². The second-order valence-corrected chi connectivity index (χ2v) is 3.82. The maximum atomic E-state index is 11.9. The van der Waals surface area contributed by atoms with E-state index in [-0.39, 0.29) is 12.2 Å². The van der Waals surface area contributed by atoms with Crippen LogP contribution in [0.5, 0.6) is 0 Å². The number of hydrogen-bond donors (Lipinski definition) is 3. The zero-order chi connectivity index (χ0) is 12.4. The van der Waals surface area contributed by atoms with E-state index in [1.807, 2.05) is 18.2 Å². The topological polar surface area (TPSA) is 96.2 Å². The first-order valence-electron chi connectivity index (χ1n) is 5.17. The van der Waals surface area contributed by atoms with Crippen LogP contribution < -0.4 is 5.73 Å². The zero-order valence-corrected chi connectivity index (χ0v) is 9.01. The van der Waals surface area contributed by atoms with Gasteiger partial charge in [0.05, 0.1) is 12.5 Å². The summed E-state index contributed by atoms with van der Waals surface area (Å²) in [7, 11) is 0. The summed E-state index contributed by atoms with van der Waals surface area (Å²) in [5, 5.41) is 9.37. The molecule has 88 valence electrons. The predicted octanol–water partition coefficient (Wildman–Crippen LogP) is 1.15. The van der Waals surface area contributed by atoms with Crippen LogP contribution in [0, 0.1) is 0 Å². The Hall–Kier alpha value is -2.14. The van der Waals surface area contributed by atoms with Crippen molar-refractivity contribution in [2.45, 2.75) is 12.5 Å². The van der Waals surface area contributed by atoms with Crippen molar-refractivity contribution in [2.75, 3.05) is 0 Å². The number of nitrogens with two attached hydrogens (primary N) is 1. The van der Waals surface area contributed by atoms with Crippen LogP contribution in [-0.2, 0) is 4.79 Å². The monoisotopic (exact) mass is 232 g/mol. The van der Waals surface area contributed by atoms with Crippen LogP contribution in [0.4, 0.5) is 0 Å². The fourth-order valence-corrected chi connectivity index (χ4v) is 1.76. The number of para-hydroxylation sites is 1. The number of aromatic nitrogens is 1. The van der Waals surface area contributed by atoms with Gasteiger partial charge in [0.15, 0.2) is 5.78 Å². The number of carboxylic acids is 1. The summed E-state index contributed by atoms with van der Waals surface area (Å²) < 4.78 is 0. The normalized spacial score (nSPS) is 12.5. The van der Waals surface area contributed by atoms with Crippen LogP contribution in [0.1, 0.15) is 16.8 Å². The Morgan fingerprint density at radius 3 is 2.76 bits per heavy atom. The molecule has 0 radical (unpaired) electrons. The van der Waals surface area contributed by atoms with E-state index in [2.05, 4.69) is 4.98 Å². The molecule has 0 bridgehead atoms. The number of carboxylic acid groups (broad SMARTS) is 1. The number of rotatable bonds is 4. The number of fused-ring (bicyclic) bond motifs is 1. The number of aliphatic carboxylic acids is 1. The number of ketones is 1. The molecule has 2 rings (SSSR count). The van der Waals surface area contributed by atoms with Gasteiger partial charge in [0, 0.05) is 22.7 Å². The highest BCUT2D eigenvalue weighted by Gasteiger charge is 2.21. The van der Waals surface area contributed by atoms with Crippen LogP contribution in [0.25, 0.3) is 10.9 Å². The minimum Gasteiger partial charge on any atom is -0.481 e. The highest BCUT2D eigenvalue weighted by Crippen LogP contribution is 2.19. The number of hydrogen-bond acceptors (Lipinski definition) is 3. The molecule has 0 aliphatic carbocycles. The first-order valence-corrected chi connectivity index (χ1v) is 5.17. The summed E-state index contributed by atoms with van der Waals surface area (Å²) >= 11 is 0. The van der Waals surface area contributed by atoms with Gasteiger partial charge in [-0.05, 0) is 6.07 Å². The highest BCUT2D eigenvalue weighted by atomic mass is 16.4. The Morgan fingerprint density at radius 1 is 1.35 bits per heavy atom. The highest BCUT2D eigenvalue weighted by molar-refractivity contribution is 6.10. The SMILES string of the molecule is NC(CC(=O)O)C(=O)c1c[nH]c2ccccc12. The number of nitrogens with one attached hydrogen (secondary N) is 1. The van der Waals surface area contributed by atoms with Gasteiger partial charge >= 0.3 is 5.97 Å². The second kappa shape index (κ2) is 4.39. The Balaban J connectivity index is 2.33. The Kier molecular flexibility index (Phi) is 2.93. The smallest absolute Gasteiger partial charge is 0.305 e. The molecule has 0 saturated carbocycles. The summed E-state index contributed by atoms with van der Waals surface area (Å²) in [5.74, 6) is -1.43. The molecule has 17 heavy (non-hydrogen) atoms. The third kappa shape index (κ3) is 2.19. The van der Waals surface area contributed by atoms with E-state index in [0.29, 0.717) is 5.56 Å². The van der Waals surface area contributed by atoms with Crippen LogP contribution in [0.15, 0.2) is 30.5 Å². The molecule has 0 amide bonds. The summed E-state index contributed by atoms with van der Waals surface area (Å²) in [6.07, 6.45) is 1.20. The lowest BCUT2D eigenvalue weighted by molar-refractivity contribution is -0.137. The Bertz CT molecular complexity index is 574. The van der Waals surface area contributed by atoms with Gasteiger partial charge in [-0.1, -0.05) is 18.2 Å². The van der Waals surface area contributed by atoms with Crippen LogP contribution >= 0.6 is 0 Å². The molecule has 1 aromatic carbocycles. The lowest BCUT2D eigenvalue weighted by atomic mass is 10.0. The average molecular weight is 232 g/mol. The molecule has 1 aromatic heterocycles. The molecule has 1 unspecified atom stereocenters. The van der Waals surface area contributed by atoms with Crippen molar-refractivity contribution >= 4 is 22.7 Å². The molecule has 0 fully saturated rings. The molecular weight excluding hydrogens is 220 g/mol. The maximum absolute atomic E-state index is 11.9. The maximum Gasteiger partial charge on any atom is 0.305 e. The van der Waals surface area contributed by atoms with Gasteiger partial charge in [-0.25, -0.2) is 0 Å². The molecule has 2 aromatic rings. The zero-order valence-electron chi connectivity index (χ0n) is 9.01. The van der Waals surface area contributed by atoms with Gasteiger partial charge in [-0.15, -0.1) is 0 Å². The number of carbonyl (C=O) groups is 2. The number of H-pyrrole nitrogens is 1. The van der Waals surface area contributed by atoms with Gasteiger partial charge in [0.25, 0.3) is 0 Å². The van der Waals surface area contributed by atoms with Crippen molar-refractivity contribution in [3.8, 4) is 0 Å². The van der Waals surface area contributed by atoms with Crippen molar-refractivity contribution in [3.05, 3.63) is 36.0 Å². The van der Waals surface area contributed by atoms with Crippen LogP contribution in [0.2, 0.25) is 0 Å². The van der Waals surface area contributed by atoms with E-state index in [4.69, 9.17) is 10.8 Å². The average Bonchev–Trinajstić information content (AvgIpc) is 2.70. The lowest BCUT2D eigenvalue weighted by Gasteiger charge is -2.06. The van der Waals surface area contributed by atoms with Crippen molar-refractivity contribution < 1.29 is 14.7 Å². The Labute approximate surface area is 97.2 Å². The van der Waals surface area contributed by atoms with Gasteiger partial charge < -0.3 is 15.8 Å². The molecule has 5 heteroatoms. The van der Waals surface area contributed by atoms with Crippen LogP contribution in [-0.4, -0.2) is 27.9 Å². The standard InChI is InChI=1S/C12H12N2O3/c13-9(5-11(15)16)12(17)8-6-14-10-4-2-1-3-7(8)10/h1-4,6,9,14H,5,13H2,(H,15,16). The molecule has 5 nitrogen and oxygen atoms in total. The third-order valence-electron chi connectivity index (χ3n) is 2.59. The van der Waals surface area contributed by atoms with E-state index in [1.165, 1.54) is 0 Å². The van der Waals surface area contributed by atoms with Gasteiger partial charge in [-0.3, -0.25) is 9.59 Å². The molecule has 1 heterocycles. The van der Waals surface area contributed by atoms with Crippen molar-refractivity contribution in [3.63, 3.8) is 0 Å². The lowest BCUT2D eigenvalue weighted by Crippen LogP contribution is -2.32. The predicted molar refractivity (Wildman–Crippen MR) is 62.9 cm³/mol. The van der Waals surface area contributed by atoms with Crippen molar-refractivity contribution in [1.82, 2.24) is 4.98 Å². The quantitative estimate of drug-likeness (QED) is 0.689. The largest absolute Gasteiger partial charge is 0.481 e. The van der Waals surface area contributed by atoms with Crippen LogP contribution in [0.3, 0.4) is 0 Å². The van der Waals surface area contributed by atoms with Gasteiger partial charge in [0.1, 0.15) is 0 Å². The molecule has 0 aliphatic heterocycles. The molecule has 0 spiro atoms. The number of Topliss-reactive ketones (excluding diaryl/α,β-unsaturated/α-hetero) is 1. The first kappa shape index (κ1) is 11.3. The molecule has 0 aliphatic rings. The van der Waals surface area contributed by atoms with E-state index in [1.54, 1.807) is 12.3 Å². The number of benzene rings is 1. The summed E-state index contributed by atoms with van der Waals surface area (Å²) in [6, 6.07) is 6.30. The first-order chi connectivity index (χ1) is 8.09. The van der Waals surface area contributed by atoms with Gasteiger partial charge in [-0.2, -0.15) is 0 Å². The van der Waals surface area contributed by atoms with E-state index in [9.17, 15) is 9.59 Å². The Morgan fingerprint density at radius 2 is 2.06 bits per heavy atom. The molecule has 4 N–H and O–H groups in total. The molecular formula is C12H12N2O3. The van der Waals surface area contributed by atoms with E-state index < -0.39 is 12.0 Å². The van der Waals surface area contributed by atoms with E-state index >= 15 is 0 Å². The fourth-order valence-electron chi connectivity index (χ4n) is 1.76. The van der Waals surface area contributed by atoms with E-state index in [0.717, 1.165) is 10.9 Å². The third-order valence-corrected chi connectivity index (χ3v) is 2.59. The summed E-state index contributed by atoms with van der Waals surface area (Å²) in [6.45, 7) is 0. The minimum atomic E-state index is -1.08. The summed E-state index contributed by atoms with van der Waals surface area (Å²) in [5.41, 5.74) is 6.83. The second-order valence-electron chi connectivity index (χ2n) is 3.82. The molecule has 1 atom stereocenters. The summed E-state index contributed by atoms with van der Waals surface area (Å²) in [4.78, 5) is 25.4. The fraction of sp³-hybridized carbons (Fsp3) is 0.167. The van der Waals surface area contributed by atoms with Crippen molar-refractivity contribution in [1.29, 1.82) is 0 Å². The number of aromatic amines is 1. The molecule has 0 saturated heterocycles. The van der Waals surface area contributed by atoms with Gasteiger partial charge in [0.2, 0.25) is 0 Å². The minimum absolute atomic E-state index is 0.357. The number of carbonyl (C=O) groups excluding carboxylic acids is 1.